The number of carbonyl (C=O) groups excluding carboxylic acids is 3. The molecular weight excluding hydrogens is 398 g/mol. The zero-order chi connectivity index (χ0) is 21.5. The van der Waals surface area contributed by atoms with Crippen LogP contribution in [0.4, 0.5) is 5.69 Å². The maximum Gasteiger partial charge on any atom is 0.265 e. The molecule has 2 heterocycles. The van der Waals surface area contributed by atoms with Crippen molar-refractivity contribution in [3.63, 3.8) is 0 Å². The Hall–Kier alpha value is -2.62. The highest BCUT2D eigenvalue weighted by atomic mass is 32.2. The Morgan fingerprint density at radius 1 is 1.31 bits per heavy atom. The zero-order valence-electron chi connectivity index (χ0n) is 16.8. The number of ether oxygens (including phenoxy) is 1. The second-order valence-corrected chi connectivity index (χ2v) is 9.38. The van der Waals surface area contributed by atoms with Gasteiger partial charge in [-0.25, -0.2) is 13.1 Å². The SMILES string of the molecule is CC(=O)N1CCC[C@@H]1C(=O)NS(=O)(=O)c1cc2c(cc1C)NC(=O)[C@H](C(C)C)O2. The van der Waals surface area contributed by atoms with Crippen molar-refractivity contribution in [3.8, 4) is 5.75 Å². The van der Waals surface area contributed by atoms with Crippen LogP contribution in [-0.2, 0) is 24.4 Å². The molecule has 0 bridgehead atoms. The lowest BCUT2D eigenvalue weighted by atomic mass is 10.0. The minimum absolute atomic E-state index is 0.107. The van der Waals surface area contributed by atoms with Crippen molar-refractivity contribution in [1.29, 1.82) is 0 Å². The lowest BCUT2D eigenvalue weighted by Gasteiger charge is -2.29. The molecule has 2 aliphatic rings. The number of nitrogens with one attached hydrogen (secondary N) is 2. The van der Waals surface area contributed by atoms with Crippen molar-refractivity contribution in [2.45, 2.75) is 57.6 Å². The van der Waals surface area contributed by atoms with E-state index < -0.39 is 28.1 Å². The molecule has 1 saturated heterocycles. The molecule has 2 aliphatic heterocycles. The third-order valence-corrected chi connectivity index (χ3v) is 6.63. The van der Waals surface area contributed by atoms with Crippen LogP contribution >= 0.6 is 0 Å². The molecule has 0 saturated carbocycles. The Kier molecular flexibility index (Phi) is 5.57. The van der Waals surface area contributed by atoms with Crippen LogP contribution in [0.3, 0.4) is 0 Å². The van der Waals surface area contributed by atoms with Gasteiger partial charge >= 0.3 is 0 Å². The fourth-order valence-electron chi connectivity index (χ4n) is 3.66. The minimum Gasteiger partial charge on any atom is -0.478 e. The van der Waals surface area contributed by atoms with Gasteiger partial charge in [0.15, 0.2) is 6.10 Å². The van der Waals surface area contributed by atoms with E-state index in [1.54, 1.807) is 6.92 Å². The average molecular weight is 423 g/mol. The predicted molar refractivity (Wildman–Crippen MR) is 105 cm³/mol. The fourth-order valence-corrected chi connectivity index (χ4v) is 4.91. The lowest BCUT2D eigenvalue weighted by Crippen LogP contribution is -2.47. The largest absolute Gasteiger partial charge is 0.478 e. The molecule has 3 amide bonds. The first-order chi connectivity index (χ1) is 13.5. The summed E-state index contributed by atoms with van der Waals surface area (Å²) < 4.78 is 33.6. The highest BCUT2D eigenvalue weighted by molar-refractivity contribution is 7.90. The van der Waals surface area contributed by atoms with Crippen molar-refractivity contribution >= 4 is 33.4 Å². The third-order valence-electron chi connectivity index (χ3n) is 5.14. The number of benzene rings is 1. The Morgan fingerprint density at radius 2 is 2.00 bits per heavy atom. The molecule has 1 fully saturated rings. The van der Waals surface area contributed by atoms with Gasteiger partial charge in [0.2, 0.25) is 5.91 Å². The maximum atomic E-state index is 12.9. The summed E-state index contributed by atoms with van der Waals surface area (Å²) in [6.07, 6.45) is 0.313. The normalized spacial score (nSPS) is 21.4. The summed E-state index contributed by atoms with van der Waals surface area (Å²) >= 11 is 0. The third kappa shape index (κ3) is 4.07. The number of likely N-dealkylation sites (tertiary alicyclic amines) is 1. The van der Waals surface area contributed by atoms with Gasteiger partial charge in [-0.1, -0.05) is 13.8 Å². The van der Waals surface area contributed by atoms with E-state index in [1.165, 1.54) is 24.0 Å². The quantitative estimate of drug-likeness (QED) is 0.750. The molecule has 158 valence electrons. The van der Waals surface area contributed by atoms with Crippen LogP contribution in [0.15, 0.2) is 17.0 Å². The van der Waals surface area contributed by atoms with Gasteiger partial charge in [0.1, 0.15) is 11.8 Å². The van der Waals surface area contributed by atoms with Crippen LogP contribution < -0.4 is 14.8 Å². The Balaban J connectivity index is 1.88. The van der Waals surface area contributed by atoms with Crippen molar-refractivity contribution in [3.05, 3.63) is 17.7 Å². The molecule has 0 spiro atoms. The van der Waals surface area contributed by atoms with E-state index in [9.17, 15) is 22.8 Å². The number of rotatable bonds is 4. The van der Waals surface area contributed by atoms with Crippen molar-refractivity contribution in [1.82, 2.24) is 9.62 Å². The van der Waals surface area contributed by atoms with Gasteiger partial charge in [-0.3, -0.25) is 14.4 Å². The molecule has 1 aromatic rings. The first kappa shape index (κ1) is 21.1. The lowest BCUT2D eigenvalue weighted by molar-refractivity contribution is -0.136. The minimum atomic E-state index is -4.19. The molecule has 1 aromatic carbocycles. The highest BCUT2D eigenvalue weighted by Gasteiger charge is 2.36. The first-order valence-electron chi connectivity index (χ1n) is 9.47. The number of sulfonamides is 1. The summed E-state index contributed by atoms with van der Waals surface area (Å²) in [6.45, 7) is 6.99. The van der Waals surface area contributed by atoms with E-state index in [0.29, 0.717) is 30.6 Å². The Labute approximate surface area is 169 Å². The van der Waals surface area contributed by atoms with Gasteiger partial charge in [0.25, 0.3) is 21.8 Å². The number of anilines is 1. The molecule has 2 N–H and O–H groups in total. The topological polar surface area (TPSA) is 122 Å². The summed E-state index contributed by atoms with van der Waals surface area (Å²) in [5.74, 6) is -1.17. The fraction of sp³-hybridized carbons (Fsp3) is 0.526. The van der Waals surface area contributed by atoms with E-state index in [0.717, 1.165) is 0 Å². The predicted octanol–water partition coefficient (Wildman–Crippen LogP) is 1.17. The zero-order valence-corrected chi connectivity index (χ0v) is 17.6. The number of aryl methyl sites for hydroxylation is 1. The molecule has 0 aromatic heterocycles. The molecule has 2 atom stereocenters. The second-order valence-electron chi connectivity index (χ2n) is 7.73. The Morgan fingerprint density at radius 3 is 2.62 bits per heavy atom. The number of carbonyl (C=O) groups is 3. The van der Waals surface area contributed by atoms with Crippen LogP contribution in [0.25, 0.3) is 0 Å². The van der Waals surface area contributed by atoms with Gasteiger partial charge in [-0.2, -0.15) is 0 Å². The summed E-state index contributed by atoms with van der Waals surface area (Å²) in [7, 11) is -4.19. The molecule has 3 rings (SSSR count). The number of nitrogens with zero attached hydrogens (tertiary/aromatic N) is 1. The van der Waals surface area contributed by atoms with Gasteiger partial charge in [0.05, 0.1) is 10.6 Å². The monoisotopic (exact) mass is 423 g/mol. The summed E-state index contributed by atoms with van der Waals surface area (Å²) in [5, 5.41) is 2.72. The molecular formula is C19H25N3O6S. The number of hydrogen-bond acceptors (Lipinski definition) is 6. The van der Waals surface area contributed by atoms with Crippen molar-refractivity contribution in [2.24, 2.45) is 5.92 Å². The van der Waals surface area contributed by atoms with E-state index in [-0.39, 0.29) is 28.4 Å². The van der Waals surface area contributed by atoms with E-state index in [4.69, 9.17) is 4.74 Å². The summed E-state index contributed by atoms with van der Waals surface area (Å²) in [5.41, 5.74) is 0.735. The van der Waals surface area contributed by atoms with Crippen LogP contribution in [0, 0.1) is 12.8 Å². The van der Waals surface area contributed by atoms with Gasteiger partial charge < -0.3 is 15.0 Å². The highest BCUT2D eigenvalue weighted by Crippen LogP contribution is 2.35. The first-order valence-corrected chi connectivity index (χ1v) is 11.0. The Bertz CT molecular complexity index is 972. The molecule has 9 nitrogen and oxygen atoms in total. The van der Waals surface area contributed by atoms with E-state index in [1.807, 2.05) is 13.8 Å². The van der Waals surface area contributed by atoms with Gasteiger partial charge in [0, 0.05) is 19.5 Å². The van der Waals surface area contributed by atoms with Crippen LogP contribution in [0.1, 0.15) is 39.2 Å². The molecule has 0 aliphatic carbocycles. The number of fused-ring (bicyclic) bond motifs is 1. The smallest absolute Gasteiger partial charge is 0.265 e. The average Bonchev–Trinajstić information content (AvgIpc) is 3.10. The number of hydrogen-bond donors (Lipinski definition) is 2. The summed E-state index contributed by atoms with van der Waals surface area (Å²) in [6, 6.07) is 2.01. The molecule has 0 radical (unpaired) electrons. The standard InChI is InChI=1S/C19H25N3O6S/c1-10(2)17-19(25)20-13-8-11(3)16(9-15(13)28-17)29(26,27)21-18(24)14-6-5-7-22(14)12(4)23/h8-10,14,17H,5-7H2,1-4H3,(H,20,25)(H,21,24)/t14-,17+/m1/s1. The maximum absolute atomic E-state index is 12.9. The van der Waals surface area contributed by atoms with Gasteiger partial charge in [-0.15, -0.1) is 0 Å². The van der Waals surface area contributed by atoms with Crippen LogP contribution in [-0.4, -0.2) is 49.7 Å². The van der Waals surface area contributed by atoms with Gasteiger partial charge in [-0.05, 0) is 37.3 Å². The van der Waals surface area contributed by atoms with E-state index >= 15 is 0 Å². The van der Waals surface area contributed by atoms with Crippen LogP contribution in [0.2, 0.25) is 0 Å². The number of amides is 3. The van der Waals surface area contributed by atoms with Crippen molar-refractivity contribution in [2.75, 3.05) is 11.9 Å². The molecule has 0 unspecified atom stereocenters. The van der Waals surface area contributed by atoms with Crippen molar-refractivity contribution < 1.29 is 27.5 Å². The van der Waals surface area contributed by atoms with Crippen LogP contribution in [0.5, 0.6) is 5.75 Å². The summed E-state index contributed by atoms with van der Waals surface area (Å²) in [4.78, 5) is 37.6. The van der Waals surface area contributed by atoms with E-state index in [2.05, 4.69) is 10.0 Å². The molecule has 29 heavy (non-hydrogen) atoms. The second kappa shape index (κ2) is 7.66. The molecule has 10 heteroatoms.